The lowest BCUT2D eigenvalue weighted by molar-refractivity contribution is 0.338. The van der Waals surface area contributed by atoms with E-state index < -0.39 is 0 Å². The van der Waals surface area contributed by atoms with E-state index in [1.807, 2.05) is 32.0 Å². The molecule has 2 N–H and O–H groups in total. The summed E-state index contributed by atoms with van der Waals surface area (Å²) in [7, 11) is 1.64. The van der Waals surface area contributed by atoms with Crippen LogP contribution in [0, 0.1) is 0 Å². The minimum atomic E-state index is -0.0506. The van der Waals surface area contributed by atoms with Crippen molar-refractivity contribution < 1.29 is 9.47 Å². The Labute approximate surface area is 84.8 Å². The van der Waals surface area contributed by atoms with Gasteiger partial charge in [0.05, 0.1) is 13.7 Å². The van der Waals surface area contributed by atoms with Gasteiger partial charge in [0.1, 0.15) is 11.5 Å². The molecule has 0 aromatic heterocycles. The summed E-state index contributed by atoms with van der Waals surface area (Å²) in [5.41, 5.74) is 6.79. The highest BCUT2D eigenvalue weighted by molar-refractivity contribution is 5.41. The molecule has 0 aliphatic heterocycles. The van der Waals surface area contributed by atoms with Gasteiger partial charge < -0.3 is 15.2 Å². The first-order valence-corrected chi connectivity index (χ1v) is 4.75. The highest BCUT2D eigenvalue weighted by Crippen LogP contribution is 2.27. The number of methoxy groups -OCH3 is 1. The van der Waals surface area contributed by atoms with E-state index in [9.17, 15) is 0 Å². The van der Waals surface area contributed by atoms with Crippen molar-refractivity contribution in [1.82, 2.24) is 0 Å². The SMILES string of the molecule is CCOc1ccc(OC)c(C(C)N)c1. The molecule has 3 nitrogen and oxygen atoms in total. The summed E-state index contributed by atoms with van der Waals surface area (Å²) in [6.45, 7) is 4.54. The van der Waals surface area contributed by atoms with Gasteiger partial charge in [0.15, 0.2) is 0 Å². The second-order valence-electron chi connectivity index (χ2n) is 3.13. The molecular weight excluding hydrogens is 178 g/mol. The molecule has 1 rings (SSSR count). The van der Waals surface area contributed by atoms with Crippen LogP contribution in [0.5, 0.6) is 11.5 Å². The number of benzene rings is 1. The van der Waals surface area contributed by atoms with Crippen LogP contribution in [-0.4, -0.2) is 13.7 Å². The summed E-state index contributed by atoms with van der Waals surface area (Å²) in [5.74, 6) is 1.64. The summed E-state index contributed by atoms with van der Waals surface area (Å²) >= 11 is 0. The number of nitrogens with two attached hydrogens (primary N) is 1. The van der Waals surface area contributed by atoms with E-state index in [1.54, 1.807) is 7.11 Å². The van der Waals surface area contributed by atoms with E-state index in [-0.39, 0.29) is 6.04 Å². The molecule has 0 amide bonds. The fourth-order valence-corrected chi connectivity index (χ4v) is 1.32. The van der Waals surface area contributed by atoms with E-state index in [0.29, 0.717) is 6.61 Å². The Morgan fingerprint density at radius 3 is 2.64 bits per heavy atom. The molecule has 14 heavy (non-hydrogen) atoms. The van der Waals surface area contributed by atoms with Crippen molar-refractivity contribution in [1.29, 1.82) is 0 Å². The van der Waals surface area contributed by atoms with Crippen LogP contribution in [0.15, 0.2) is 18.2 Å². The van der Waals surface area contributed by atoms with Crippen molar-refractivity contribution in [2.75, 3.05) is 13.7 Å². The molecule has 0 saturated carbocycles. The predicted molar refractivity (Wildman–Crippen MR) is 56.8 cm³/mol. The Morgan fingerprint density at radius 2 is 2.14 bits per heavy atom. The van der Waals surface area contributed by atoms with E-state index >= 15 is 0 Å². The topological polar surface area (TPSA) is 44.5 Å². The van der Waals surface area contributed by atoms with Crippen LogP contribution < -0.4 is 15.2 Å². The van der Waals surface area contributed by atoms with Gasteiger partial charge in [-0.25, -0.2) is 0 Å². The van der Waals surface area contributed by atoms with Crippen LogP contribution in [0.25, 0.3) is 0 Å². The molecule has 3 heteroatoms. The van der Waals surface area contributed by atoms with E-state index in [0.717, 1.165) is 17.1 Å². The highest BCUT2D eigenvalue weighted by Gasteiger charge is 2.08. The molecule has 0 spiro atoms. The van der Waals surface area contributed by atoms with Crippen LogP contribution in [0.1, 0.15) is 25.5 Å². The number of hydrogen-bond donors (Lipinski definition) is 1. The first-order valence-electron chi connectivity index (χ1n) is 4.75. The third-order valence-corrected chi connectivity index (χ3v) is 2.00. The standard InChI is InChI=1S/C11H17NO2/c1-4-14-9-5-6-11(13-3)10(7-9)8(2)12/h5-8H,4,12H2,1-3H3. The fraction of sp³-hybridized carbons (Fsp3) is 0.455. The minimum Gasteiger partial charge on any atom is -0.496 e. The van der Waals surface area contributed by atoms with Crippen molar-refractivity contribution in [2.24, 2.45) is 5.73 Å². The Morgan fingerprint density at radius 1 is 1.43 bits per heavy atom. The minimum absolute atomic E-state index is 0.0506. The average molecular weight is 195 g/mol. The van der Waals surface area contributed by atoms with Gasteiger partial charge in [-0.1, -0.05) is 0 Å². The lowest BCUT2D eigenvalue weighted by Crippen LogP contribution is -2.07. The smallest absolute Gasteiger partial charge is 0.123 e. The Kier molecular flexibility index (Phi) is 3.77. The van der Waals surface area contributed by atoms with Gasteiger partial charge in [-0.3, -0.25) is 0 Å². The second-order valence-corrected chi connectivity index (χ2v) is 3.13. The van der Waals surface area contributed by atoms with Gasteiger partial charge in [0, 0.05) is 11.6 Å². The zero-order valence-corrected chi connectivity index (χ0v) is 8.91. The normalized spacial score (nSPS) is 12.3. The average Bonchev–Trinajstić information content (AvgIpc) is 2.18. The van der Waals surface area contributed by atoms with Gasteiger partial charge in [-0.05, 0) is 32.0 Å². The van der Waals surface area contributed by atoms with Crippen LogP contribution >= 0.6 is 0 Å². The monoisotopic (exact) mass is 195 g/mol. The van der Waals surface area contributed by atoms with Crippen LogP contribution in [0.2, 0.25) is 0 Å². The van der Waals surface area contributed by atoms with Gasteiger partial charge in [-0.15, -0.1) is 0 Å². The van der Waals surface area contributed by atoms with Gasteiger partial charge in [0.2, 0.25) is 0 Å². The second kappa shape index (κ2) is 4.86. The molecule has 1 unspecified atom stereocenters. The maximum Gasteiger partial charge on any atom is 0.123 e. The molecule has 1 atom stereocenters. The molecule has 0 bridgehead atoms. The fourth-order valence-electron chi connectivity index (χ4n) is 1.32. The molecule has 0 fully saturated rings. The maximum absolute atomic E-state index is 5.82. The summed E-state index contributed by atoms with van der Waals surface area (Å²) < 4.78 is 10.6. The largest absolute Gasteiger partial charge is 0.496 e. The highest BCUT2D eigenvalue weighted by atomic mass is 16.5. The van der Waals surface area contributed by atoms with E-state index in [4.69, 9.17) is 15.2 Å². The Bertz CT molecular complexity index is 297. The van der Waals surface area contributed by atoms with Crippen molar-refractivity contribution >= 4 is 0 Å². The lowest BCUT2D eigenvalue weighted by atomic mass is 10.1. The van der Waals surface area contributed by atoms with Crippen molar-refractivity contribution in [3.8, 4) is 11.5 Å². The predicted octanol–water partition coefficient (Wildman–Crippen LogP) is 2.11. The first kappa shape index (κ1) is 10.9. The van der Waals surface area contributed by atoms with Crippen molar-refractivity contribution in [3.05, 3.63) is 23.8 Å². The number of ether oxygens (including phenoxy) is 2. The summed E-state index contributed by atoms with van der Waals surface area (Å²) in [6, 6.07) is 5.63. The lowest BCUT2D eigenvalue weighted by Gasteiger charge is -2.13. The molecule has 1 aromatic carbocycles. The molecule has 78 valence electrons. The number of hydrogen-bond acceptors (Lipinski definition) is 3. The van der Waals surface area contributed by atoms with Gasteiger partial charge in [-0.2, -0.15) is 0 Å². The molecule has 1 aromatic rings. The van der Waals surface area contributed by atoms with E-state index in [1.165, 1.54) is 0 Å². The first-order chi connectivity index (χ1) is 6.69. The van der Waals surface area contributed by atoms with Crippen molar-refractivity contribution in [2.45, 2.75) is 19.9 Å². The molecule has 0 aliphatic rings. The van der Waals surface area contributed by atoms with Crippen LogP contribution in [0.4, 0.5) is 0 Å². The molecule has 0 radical (unpaired) electrons. The van der Waals surface area contributed by atoms with Crippen LogP contribution in [-0.2, 0) is 0 Å². The summed E-state index contributed by atoms with van der Waals surface area (Å²) in [5, 5.41) is 0. The zero-order valence-electron chi connectivity index (χ0n) is 8.91. The van der Waals surface area contributed by atoms with Crippen LogP contribution in [0.3, 0.4) is 0 Å². The zero-order chi connectivity index (χ0) is 10.6. The summed E-state index contributed by atoms with van der Waals surface area (Å²) in [4.78, 5) is 0. The van der Waals surface area contributed by atoms with Gasteiger partial charge >= 0.3 is 0 Å². The summed E-state index contributed by atoms with van der Waals surface area (Å²) in [6.07, 6.45) is 0. The molecule has 0 saturated heterocycles. The third-order valence-electron chi connectivity index (χ3n) is 2.00. The molecule has 0 heterocycles. The van der Waals surface area contributed by atoms with Crippen molar-refractivity contribution in [3.63, 3.8) is 0 Å². The number of rotatable bonds is 4. The maximum atomic E-state index is 5.82. The molecule has 0 aliphatic carbocycles. The quantitative estimate of drug-likeness (QED) is 0.800. The third kappa shape index (κ3) is 2.39. The Balaban J connectivity index is 3.01. The molecular formula is C11H17NO2. The van der Waals surface area contributed by atoms with Gasteiger partial charge in [0.25, 0.3) is 0 Å². The van der Waals surface area contributed by atoms with E-state index in [2.05, 4.69) is 0 Å². The Hall–Kier alpha value is -1.22.